The first kappa shape index (κ1) is 23.9. The van der Waals surface area contributed by atoms with Crippen molar-refractivity contribution >= 4 is 29.1 Å². The summed E-state index contributed by atoms with van der Waals surface area (Å²) in [4.78, 5) is 38.8. The Bertz CT molecular complexity index is 1140. The van der Waals surface area contributed by atoms with E-state index in [-0.39, 0.29) is 24.6 Å². The number of benzene rings is 3. The van der Waals surface area contributed by atoms with Crippen molar-refractivity contribution in [3.8, 4) is 0 Å². The van der Waals surface area contributed by atoms with Gasteiger partial charge in [0.1, 0.15) is 6.04 Å². The summed E-state index contributed by atoms with van der Waals surface area (Å²) in [6, 6.07) is 21.8. The van der Waals surface area contributed by atoms with E-state index < -0.39 is 16.9 Å². The van der Waals surface area contributed by atoms with Gasteiger partial charge in [0.2, 0.25) is 11.8 Å². The molecule has 2 amide bonds. The highest BCUT2D eigenvalue weighted by molar-refractivity contribution is 6.30. The summed E-state index contributed by atoms with van der Waals surface area (Å²) in [6.45, 7) is 0.130. The van der Waals surface area contributed by atoms with Crippen LogP contribution in [0.15, 0.2) is 78.9 Å². The third-order valence-electron chi connectivity index (χ3n) is 5.29. The fourth-order valence-electron chi connectivity index (χ4n) is 3.66. The molecule has 1 unspecified atom stereocenters. The molecular formula is C25H24ClN3O4. The quantitative estimate of drug-likeness (QED) is 0.379. The highest BCUT2D eigenvalue weighted by atomic mass is 35.5. The molecule has 0 fully saturated rings. The first-order chi connectivity index (χ1) is 15.9. The van der Waals surface area contributed by atoms with Crippen molar-refractivity contribution in [3.63, 3.8) is 0 Å². The number of hydrogen-bond donors (Lipinski definition) is 1. The Morgan fingerprint density at radius 2 is 1.67 bits per heavy atom. The highest BCUT2D eigenvalue weighted by Crippen LogP contribution is 2.22. The number of rotatable bonds is 9. The lowest BCUT2D eigenvalue weighted by atomic mass is 10.0. The largest absolute Gasteiger partial charge is 0.357 e. The van der Waals surface area contributed by atoms with Crippen LogP contribution in [0, 0.1) is 10.1 Å². The van der Waals surface area contributed by atoms with Crippen LogP contribution in [0.1, 0.15) is 16.7 Å². The molecule has 3 rings (SSSR count). The van der Waals surface area contributed by atoms with Crippen LogP contribution in [0.25, 0.3) is 0 Å². The number of carbonyl (C=O) groups excluding carboxylic acids is 2. The normalized spacial score (nSPS) is 11.5. The van der Waals surface area contributed by atoms with Crippen LogP contribution < -0.4 is 5.32 Å². The topological polar surface area (TPSA) is 92.6 Å². The molecule has 0 bridgehead atoms. The van der Waals surface area contributed by atoms with E-state index in [4.69, 9.17) is 11.6 Å². The summed E-state index contributed by atoms with van der Waals surface area (Å²) in [7, 11) is 1.52. The van der Waals surface area contributed by atoms with Crippen molar-refractivity contribution in [2.45, 2.75) is 25.4 Å². The minimum atomic E-state index is -0.813. The van der Waals surface area contributed by atoms with E-state index in [1.807, 2.05) is 36.4 Å². The second kappa shape index (κ2) is 11.2. The van der Waals surface area contributed by atoms with E-state index >= 15 is 0 Å². The molecule has 170 valence electrons. The van der Waals surface area contributed by atoms with Gasteiger partial charge in [0.05, 0.1) is 11.3 Å². The molecular weight excluding hydrogens is 442 g/mol. The van der Waals surface area contributed by atoms with Crippen molar-refractivity contribution in [2.75, 3.05) is 7.05 Å². The molecule has 3 aromatic carbocycles. The lowest BCUT2D eigenvalue weighted by Gasteiger charge is -2.31. The summed E-state index contributed by atoms with van der Waals surface area (Å²) < 4.78 is 0. The number of nitrogens with one attached hydrogen (secondary N) is 1. The number of nitro benzene ring substituents is 1. The van der Waals surface area contributed by atoms with Gasteiger partial charge in [0.15, 0.2) is 0 Å². The SMILES string of the molecule is CNC(=O)C(Cc1ccccc1)N(Cc1cccc(Cl)c1)C(=O)Cc1ccccc1[N+](=O)[O-]. The van der Waals surface area contributed by atoms with Crippen LogP contribution in [0.4, 0.5) is 5.69 Å². The number of carbonyl (C=O) groups is 2. The zero-order valence-corrected chi connectivity index (χ0v) is 18.9. The van der Waals surface area contributed by atoms with E-state index in [2.05, 4.69) is 5.32 Å². The van der Waals surface area contributed by atoms with Gasteiger partial charge in [-0.2, -0.15) is 0 Å². The van der Waals surface area contributed by atoms with E-state index in [1.165, 1.54) is 18.0 Å². The second-order valence-electron chi connectivity index (χ2n) is 7.53. The maximum absolute atomic E-state index is 13.5. The number of nitro groups is 1. The monoisotopic (exact) mass is 465 g/mol. The molecule has 1 N–H and O–H groups in total. The number of amides is 2. The lowest BCUT2D eigenvalue weighted by molar-refractivity contribution is -0.385. The predicted octanol–water partition coefficient (Wildman–Crippen LogP) is 4.18. The van der Waals surface area contributed by atoms with Gasteiger partial charge in [0, 0.05) is 36.7 Å². The number of likely N-dealkylation sites (N-methyl/N-ethyl adjacent to an activating group) is 1. The predicted molar refractivity (Wildman–Crippen MR) is 127 cm³/mol. The summed E-state index contributed by atoms with van der Waals surface area (Å²) in [6.07, 6.45) is 0.0870. The van der Waals surface area contributed by atoms with Crippen molar-refractivity contribution in [1.29, 1.82) is 0 Å². The lowest BCUT2D eigenvalue weighted by Crippen LogP contribution is -2.50. The first-order valence-corrected chi connectivity index (χ1v) is 10.8. The Hall–Kier alpha value is -3.71. The maximum atomic E-state index is 13.5. The standard InChI is InChI=1S/C25H24ClN3O4/c1-27-25(31)23(15-18-8-3-2-4-9-18)28(17-19-10-7-12-21(26)14-19)24(30)16-20-11-5-6-13-22(20)29(32)33/h2-14,23H,15-17H2,1H3,(H,27,31). The zero-order chi connectivity index (χ0) is 23.8. The average Bonchev–Trinajstić information content (AvgIpc) is 2.81. The van der Waals surface area contributed by atoms with Crippen LogP contribution in [0.5, 0.6) is 0 Å². The average molecular weight is 466 g/mol. The van der Waals surface area contributed by atoms with Gasteiger partial charge >= 0.3 is 0 Å². The van der Waals surface area contributed by atoms with Crippen molar-refractivity contribution in [1.82, 2.24) is 10.2 Å². The minimum absolute atomic E-state index is 0.130. The Kier molecular flexibility index (Phi) is 8.16. The Morgan fingerprint density at radius 1 is 1.00 bits per heavy atom. The van der Waals surface area contributed by atoms with E-state index in [0.717, 1.165) is 11.1 Å². The third kappa shape index (κ3) is 6.40. The van der Waals surface area contributed by atoms with Crippen molar-refractivity contribution in [3.05, 3.63) is 111 Å². The van der Waals surface area contributed by atoms with Crippen LogP contribution >= 0.6 is 11.6 Å². The summed E-state index contributed by atoms with van der Waals surface area (Å²) in [5.41, 5.74) is 1.80. The van der Waals surface area contributed by atoms with Gasteiger partial charge < -0.3 is 10.2 Å². The second-order valence-corrected chi connectivity index (χ2v) is 7.97. The molecule has 8 heteroatoms. The van der Waals surface area contributed by atoms with Gasteiger partial charge in [-0.3, -0.25) is 19.7 Å². The molecule has 0 aliphatic heterocycles. The van der Waals surface area contributed by atoms with Crippen LogP contribution in [-0.4, -0.2) is 34.7 Å². The fourth-order valence-corrected chi connectivity index (χ4v) is 3.87. The maximum Gasteiger partial charge on any atom is 0.273 e. The Balaban J connectivity index is 1.98. The van der Waals surface area contributed by atoms with Crippen molar-refractivity contribution < 1.29 is 14.5 Å². The van der Waals surface area contributed by atoms with Gasteiger partial charge in [-0.1, -0.05) is 72.3 Å². The van der Waals surface area contributed by atoms with Crippen molar-refractivity contribution in [2.24, 2.45) is 0 Å². The zero-order valence-electron chi connectivity index (χ0n) is 18.1. The molecule has 33 heavy (non-hydrogen) atoms. The fraction of sp³-hybridized carbons (Fsp3) is 0.200. The van der Waals surface area contributed by atoms with Gasteiger partial charge in [-0.15, -0.1) is 0 Å². The molecule has 0 saturated heterocycles. The van der Waals surface area contributed by atoms with Gasteiger partial charge in [0.25, 0.3) is 5.69 Å². The highest BCUT2D eigenvalue weighted by Gasteiger charge is 2.31. The molecule has 0 radical (unpaired) electrons. The van der Waals surface area contributed by atoms with E-state index in [1.54, 1.807) is 36.4 Å². The summed E-state index contributed by atoms with van der Waals surface area (Å²) >= 11 is 6.13. The molecule has 0 aliphatic carbocycles. The smallest absolute Gasteiger partial charge is 0.273 e. The molecule has 1 atom stereocenters. The molecule has 7 nitrogen and oxygen atoms in total. The summed E-state index contributed by atoms with van der Waals surface area (Å²) in [5.74, 6) is -0.717. The first-order valence-electron chi connectivity index (χ1n) is 10.4. The summed E-state index contributed by atoms with van der Waals surface area (Å²) in [5, 5.41) is 14.6. The van der Waals surface area contributed by atoms with Crippen LogP contribution in [0.3, 0.4) is 0 Å². The molecule has 0 aromatic heterocycles. The molecule has 3 aromatic rings. The van der Waals surface area contributed by atoms with Gasteiger partial charge in [-0.05, 0) is 23.3 Å². The number of hydrogen-bond acceptors (Lipinski definition) is 4. The van der Waals surface area contributed by atoms with Gasteiger partial charge in [-0.25, -0.2) is 0 Å². The molecule has 0 saturated carbocycles. The molecule has 0 spiro atoms. The number of halogens is 1. The van der Waals surface area contributed by atoms with E-state index in [9.17, 15) is 19.7 Å². The third-order valence-corrected chi connectivity index (χ3v) is 5.52. The Morgan fingerprint density at radius 3 is 2.33 bits per heavy atom. The van der Waals surface area contributed by atoms with Crippen LogP contribution in [-0.2, 0) is 29.0 Å². The Labute approximate surface area is 197 Å². The number of nitrogens with zero attached hydrogens (tertiary/aromatic N) is 2. The minimum Gasteiger partial charge on any atom is -0.357 e. The molecule has 0 heterocycles. The van der Waals surface area contributed by atoms with Crippen LogP contribution in [0.2, 0.25) is 5.02 Å². The van der Waals surface area contributed by atoms with E-state index in [0.29, 0.717) is 17.0 Å². The molecule has 0 aliphatic rings. The number of para-hydroxylation sites is 1.